The van der Waals surface area contributed by atoms with E-state index in [2.05, 4.69) is 10.6 Å². The van der Waals surface area contributed by atoms with Crippen LogP contribution in [0.15, 0.2) is 48.5 Å². The summed E-state index contributed by atoms with van der Waals surface area (Å²) < 4.78 is 10.0. The first kappa shape index (κ1) is 25.5. The van der Waals surface area contributed by atoms with Gasteiger partial charge in [0.05, 0.1) is 7.11 Å². The molecule has 0 heterocycles. The molecule has 2 aromatic rings. The van der Waals surface area contributed by atoms with Crippen molar-refractivity contribution >= 4 is 41.2 Å². The Labute approximate surface area is 197 Å². The van der Waals surface area contributed by atoms with Crippen LogP contribution in [0.5, 0.6) is 0 Å². The highest BCUT2D eigenvalue weighted by Crippen LogP contribution is 2.25. The first-order valence-electron chi connectivity index (χ1n) is 10.0. The lowest BCUT2D eigenvalue weighted by Gasteiger charge is -2.24. The number of hydrogen-bond donors (Lipinski definition) is 2. The number of ether oxygens (including phenoxy) is 2. The zero-order valence-electron chi connectivity index (χ0n) is 18.1. The number of methoxy groups -OCH3 is 1. The fourth-order valence-corrected chi connectivity index (χ4v) is 3.51. The zero-order chi connectivity index (χ0) is 23.7. The van der Waals surface area contributed by atoms with Gasteiger partial charge < -0.3 is 20.1 Å². The van der Waals surface area contributed by atoms with E-state index in [9.17, 15) is 14.4 Å². The van der Waals surface area contributed by atoms with Crippen LogP contribution in [0, 0.1) is 5.92 Å². The number of nitrogens with one attached hydrogen (secondary N) is 2. The van der Waals surface area contributed by atoms with E-state index >= 15 is 0 Å². The van der Waals surface area contributed by atoms with Crippen LogP contribution in [0.25, 0.3) is 0 Å². The van der Waals surface area contributed by atoms with Crippen molar-refractivity contribution in [2.24, 2.45) is 5.92 Å². The van der Waals surface area contributed by atoms with Gasteiger partial charge in [-0.05, 0) is 29.2 Å². The fraction of sp³-hybridized carbons (Fsp3) is 0.348. The van der Waals surface area contributed by atoms with Crippen LogP contribution in [0.3, 0.4) is 0 Å². The van der Waals surface area contributed by atoms with Crippen molar-refractivity contribution in [3.05, 3.63) is 69.7 Å². The summed E-state index contributed by atoms with van der Waals surface area (Å²) in [6.45, 7) is 3.59. The lowest BCUT2D eigenvalue weighted by molar-refractivity contribution is -0.145. The molecule has 0 saturated carbocycles. The van der Waals surface area contributed by atoms with Crippen LogP contribution < -0.4 is 10.6 Å². The highest BCUT2D eigenvalue weighted by Gasteiger charge is 2.30. The number of carbonyl (C=O) groups excluding carboxylic acids is 3. The minimum absolute atomic E-state index is 0.0280. The van der Waals surface area contributed by atoms with Gasteiger partial charge in [0.25, 0.3) is 0 Å². The SMILES string of the molecule is COC(=O)[C@H](Cc1c(Cl)cccc1Cl)NC(=O)[C@H](NC(=O)OCc1ccccc1)C(C)C. The Morgan fingerprint density at radius 1 is 0.938 bits per heavy atom. The number of halogens is 2. The highest BCUT2D eigenvalue weighted by molar-refractivity contribution is 6.36. The van der Waals surface area contributed by atoms with Crippen molar-refractivity contribution in [2.45, 2.75) is 39.0 Å². The van der Waals surface area contributed by atoms with E-state index in [4.69, 9.17) is 32.7 Å². The molecule has 7 nitrogen and oxygen atoms in total. The molecule has 2 rings (SSSR count). The van der Waals surface area contributed by atoms with Gasteiger partial charge in [0, 0.05) is 16.5 Å². The van der Waals surface area contributed by atoms with Crippen LogP contribution in [-0.2, 0) is 32.1 Å². The molecule has 172 valence electrons. The number of carbonyl (C=O) groups is 3. The number of alkyl carbamates (subject to hydrolysis) is 1. The quantitative estimate of drug-likeness (QED) is 0.525. The Bertz CT molecular complexity index is 917. The molecule has 0 aliphatic carbocycles. The molecule has 0 bridgehead atoms. The molecular formula is C23H26Cl2N2O5. The first-order valence-corrected chi connectivity index (χ1v) is 10.8. The van der Waals surface area contributed by atoms with E-state index in [-0.39, 0.29) is 18.9 Å². The molecular weight excluding hydrogens is 455 g/mol. The summed E-state index contributed by atoms with van der Waals surface area (Å²) in [6.07, 6.45) is -0.716. The van der Waals surface area contributed by atoms with Gasteiger partial charge in [0.1, 0.15) is 18.7 Å². The molecule has 2 N–H and O–H groups in total. The van der Waals surface area contributed by atoms with Crippen molar-refractivity contribution < 1.29 is 23.9 Å². The Hall–Kier alpha value is -2.77. The third-order valence-electron chi connectivity index (χ3n) is 4.71. The maximum Gasteiger partial charge on any atom is 0.408 e. The van der Waals surface area contributed by atoms with E-state index in [0.29, 0.717) is 15.6 Å². The fourth-order valence-electron chi connectivity index (χ4n) is 2.96. The van der Waals surface area contributed by atoms with Crippen molar-refractivity contribution in [1.29, 1.82) is 0 Å². The molecule has 0 aromatic heterocycles. The second kappa shape index (κ2) is 12.3. The number of hydrogen-bond acceptors (Lipinski definition) is 5. The van der Waals surface area contributed by atoms with Crippen molar-refractivity contribution in [3.63, 3.8) is 0 Å². The molecule has 0 aliphatic heterocycles. The van der Waals surface area contributed by atoms with Crippen LogP contribution in [0.1, 0.15) is 25.0 Å². The summed E-state index contributed by atoms with van der Waals surface area (Å²) in [4.78, 5) is 37.5. The van der Waals surface area contributed by atoms with Gasteiger partial charge in [-0.2, -0.15) is 0 Å². The molecule has 2 aromatic carbocycles. The topological polar surface area (TPSA) is 93.7 Å². The summed E-state index contributed by atoms with van der Waals surface area (Å²) in [6, 6.07) is 12.1. The van der Waals surface area contributed by atoms with Gasteiger partial charge in [0.2, 0.25) is 5.91 Å². The number of esters is 1. The highest BCUT2D eigenvalue weighted by atomic mass is 35.5. The Morgan fingerprint density at radius 3 is 2.12 bits per heavy atom. The maximum atomic E-state index is 12.9. The normalized spacial score (nSPS) is 12.6. The summed E-state index contributed by atoms with van der Waals surface area (Å²) >= 11 is 12.4. The average molecular weight is 481 g/mol. The van der Waals surface area contributed by atoms with E-state index in [1.807, 2.05) is 30.3 Å². The molecule has 0 fully saturated rings. The number of rotatable bonds is 9. The zero-order valence-corrected chi connectivity index (χ0v) is 19.6. The minimum Gasteiger partial charge on any atom is -0.467 e. The van der Waals surface area contributed by atoms with Crippen LogP contribution in [0.4, 0.5) is 4.79 Å². The second-order valence-electron chi connectivity index (χ2n) is 7.42. The number of amides is 2. The lowest BCUT2D eigenvalue weighted by atomic mass is 10.0. The van der Waals surface area contributed by atoms with Gasteiger partial charge in [-0.25, -0.2) is 9.59 Å². The van der Waals surface area contributed by atoms with Crippen LogP contribution >= 0.6 is 23.2 Å². The molecule has 2 atom stereocenters. The van der Waals surface area contributed by atoms with Gasteiger partial charge >= 0.3 is 12.1 Å². The van der Waals surface area contributed by atoms with E-state index in [1.54, 1.807) is 32.0 Å². The monoisotopic (exact) mass is 480 g/mol. The molecule has 32 heavy (non-hydrogen) atoms. The minimum atomic E-state index is -1.05. The Morgan fingerprint density at radius 2 is 1.56 bits per heavy atom. The molecule has 9 heteroatoms. The van der Waals surface area contributed by atoms with Gasteiger partial charge in [-0.1, -0.05) is 73.4 Å². The number of benzene rings is 2. The van der Waals surface area contributed by atoms with Crippen molar-refractivity contribution in [2.75, 3.05) is 7.11 Å². The molecule has 0 aliphatic rings. The predicted octanol–water partition coefficient (Wildman–Crippen LogP) is 4.14. The molecule has 0 unspecified atom stereocenters. The maximum absolute atomic E-state index is 12.9. The summed E-state index contributed by atoms with van der Waals surface area (Å²) in [7, 11) is 1.22. The van der Waals surface area contributed by atoms with Gasteiger partial charge in [0.15, 0.2) is 0 Å². The van der Waals surface area contributed by atoms with E-state index in [1.165, 1.54) is 7.11 Å². The van der Waals surface area contributed by atoms with Crippen LogP contribution in [-0.4, -0.2) is 37.2 Å². The summed E-state index contributed by atoms with van der Waals surface area (Å²) in [5, 5.41) is 5.92. The Kier molecular flexibility index (Phi) is 9.81. The van der Waals surface area contributed by atoms with E-state index < -0.39 is 30.1 Å². The molecule has 0 spiro atoms. The molecule has 0 radical (unpaired) electrons. The van der Waals surface area contributed by atoms with Gasteiger partial charge in [-0.15, -0.1) is 0 Å². The smallest absolute Gasteiger partial charge is 0.408 e. The summed E-state index contributed by atoms with van der Waals surface area (Å²) in [5.74, 6) is -1.50. The largest absolute Gasteiger partial charge is 0.467 e. The third-order valence-corrected chi connectivity index (χ3v) is 5.42. The first-order chi connectivity index (χ1) is 15.2. The second-order valence-corrected chi connectivity index (χ2v) is 8.23. The van der Waals surface area contributed by atoms with Crippen molar-refractivity contribution in [3.8, 4) is 0 Å². The van der Waals surface area contributed by atoms with E-state index in [0.717, 1.165) is 5.56 Å². The third kappa shape index (κ3) is 7.43. The standard InChI is InChI=1S/C23H26Cl2N2O5/c1-14(2)20(27-23(30)32-13-15-8-5-4-6-9-15)21(28)26-19(22(29)31-3)12-16-17(24)10-7-11-18(16)25/h4-11,14,19-20H,12-13H2,1-3H3,(H,26,28)(H,27,30)/t19-,20+/m0/s1. The Balaban J connectivity index is 2.07. The van der Waals surface area contributed by atoms with Crippen molar-refractivity contribution in [1.82, 2.24) is 10.6 Å². The lowest BCUT2D eigenvalue weighted by Crippen LogP contribution is -2.54. The average Bonchev–Trinajstić information content (AvgIpc) is 2.77. The molecule has 2 amide bonds. The predicted molar refractivity (Wildman–Crippen MR) is 123 cm³/mol. The summed E-state index contributed by atoms with van der Waals surface area (Å²) in [5.41, 5.74) is 1.32. The van der Waals surface area contributed by atoms with Gasteiger partial charge in [-0.3, -0.25) is 4.79 Å². The van der Waals surface area contributed by atoms with Crippen LogP contribution in [0.2, 0.25) is 10.0 Å². The molecule has 0 saturated heterocycles.